The van der Waals surface area contributed by atoms with Gasteiger partial charge in [0, 0.05) is 11.6 Å². The van der Waals surface area contributed by atoms with E-state index in [4.69, 9.17) is 24.3 Å². The van der Waals surface area contributed by atoms with Gasteiger partial charge in [-0.3, -0.25) is 9.13 Å². The van der Waals surface area contributed by atoms with Crippen LogP contribution in [0.2, 0.25) is 0 Å². The van der Waals surface area contributed by atoms with Crippen LogP contribution in [0.25, 0.3) is 0 Å². The highest BCUT2D eigenvalue weighted by molar-refractivity contribution is 7.55. The largest absolute Gasteiger partial charge is 0.373 e. The van der Waals surface area contributed by atoms with Gasteiger partial charge in [-0.15, -0.1) is 0 Å². The normalized spacial score (nSPS) is 14.1. The smallest absolute Gasteiger partial charge is 0.348 e. The lowest BCUT2D eigenvalue weighted by Crippen LogP contribution is -1.90. The molecule has 0 aromatic carbocycles. The van der Waals surface area contributed by atoms with E-state index in [1.807, 2.05) is 0 Å². The van der Waals surface area contributed by atoms with E-state index in [0.29, 0.717) is 11.6 Å². The van der Waals surface area contributed by atoms with E-state index in [-0.39, 0.29) is 13.2 Å². The molecule has 0 aromatic heterocycles. The van der Waals surface area contributed by atoms with Crippen LogP contribution in [0.5, 0.6) is 0 Å². The summed E-state index contributed by atoms with van der Waals surface area (Å²) in [7, 11) is -8.30. The first-order valence-electron chi connectivity index (χ1n) is 3.74. The van der Waals surface area contributed by atoms with Crippen molar-refractivity contribution < 1.29 is 33.4 Å². The molecule has 88 valence electrons. The predicted molar refractivity (Wildman–Crippen MR) is 53.2 cm³/mol. The van der Waals surface area contributed by atoms with Gasteiger partial charge in [-0.05, 0) is 0 Å². The molecule has 0 aliphatic carbocycles. The molecule has 0 heterocycles. The Morgan fingerprint density at radius 2 is 1.20 bits per heavy atom. The summed E-state index contributed by atoms with van der Waals surface area (Å²) in [6.45, 7) is -0.0901. The first-order chi connectivity index (χ1) is 6.71. The Labute approximate surface area is 86.4 Å². The lowest BCUT2D eigenvalue weighted by atomic mass is 10.6. The van der Waals surface area contributed by atoms with Crippen LogP contribution < -0.4 is 0 Å². The molecule has 0 aliphatic heterocycles. The first-order valence-corrected chi connectivity index (χ1v) is 7.11. The molecule has 4 N–H and O–H groups in total. The Kier molecular flexibility index (Phi) is 6.24. The van der Waals surface area contributed by atoms with Crippen molar-refractivity contribution in [1.29, 1.82) is 0 Å². The second kappa shape index (κ2) is 6.35. The lowest BCUT2D eigenvalue weighted by Gasteiger charge is -1.97. The van der Waals surface area contributed by atoms with Gasteiger partial charge in [0.1, 0.15) is 0 Å². The minimum Gasteiger partial charge on any atom is -0.373 e. The molecular weight excluding hydrogens is 246 g/mol. The van der Waals surface area contributed by atoms with Crippen molar-refractivity contribution in [2.75, 3.05) is 13.2 Å². The molecule has 0 amide bonds. The fraction of sp³-hybridized carbons (Fsp3) is 0.333. The summed E-state index contributed by atoms with van der Waals surface area (Å²) >= 11 is 0. The lowest BCUT2D eigenvalue weighted by molar-refractivity contribution is 0.194. The summed E-state index contributed by atoms with van der Waals surface area (Å²) in [6, 6.07) is 0. The second-order valence-electron chi connectivity index (χ2n) is 2.49. The van der Waals surface area contributed by atoms with Crippen LogP contribution in [0.15, 0.2) is 23.8 Å². The van der Waals surface area contributed by atoms with E-state index in [2.05, 4.69) is 0 Å². The molecule has 0 fully saturated rings. The Balaban J connectivity index is 3.66. The maximum absolute atomic E-state index is 10.3. The Hall–Kier alpha value is -0.260. The predicted octanol–water partition coefficient (Wildman–Crippen LogP) is 0.386. The maximum atomic E-state index is 10.3. The zero-order valence-corrected chi connectivity index (χ0v) is 9.42. The molecule has 15 heavy (non-hydrogen) atoms. The summed E-state index contributed by atoms with van der Waals surface area (Å²) in [5, 5.41) is 0. The molecule has 0 bridgehead atoms. The molecule has 0 rings (SSSR count). The number of hydrogen-bond acceptors (Lipinski definition) is 3. The summed E-state index contributed by atoms with van der Waals surface area (Å²) < 4.78 is 25.3. The molecule has 0 atom stereocenters. The van der Waals surface area contributed by atoms with Gasteiger partial charge in [0.2, 0.25) is 0 Å². The monoisotopic (exact) mass is 258 g/mol. The van der Waals surface area contributed by atoms with Gasteiger partial charge in [-0.2, -0.15) is 0 Å². The van der Waals surface area contributed by atoms with Gasteiger partial charge in [-0.25, -0.2) is 0 Å². The summed E-state index contributed by atoms with van der Waals surface area (Å²) in [6.07, 6.45) is 2.26. The van der Waals surface area contributed by atoms with Crippen LogP contribution in [0, 0.1) is 0 Å². The average Bonchev–Trinajstić information content (AvgIpc) is 1.98. The van der Waals surface area contributed by atoms with Crippen molar-refractivity contribution in [3.8, 4) is 0 Å². The van der Waals surface area contributed by atoms with Gasteiger partial charge in [0.15, 0.2) is 0 Å². The molecule has 0 aromatic rings. The highest BCUT2D eigenvalue weighted by atomic mass is 31.2. The topological polar surface area (TPSA) is 124 Å². The molecule has 0 radical (unpaired) electrons. The minimum absolute atomic E-state index is 0.0450. The van der Waals surface area contributed by atoms with E-state index < -0.39 is 15.2 Å². The van der Waals surface area contributed by atoms with Gasteiger partial charge in [-0.1, -0.05) is 12.2 Å². The highest BCUT2D eigenvalue weighted by Crippen LogP contribution is 2.36. The maximum Gasteiger partial charge on any atom is 0.348 e. The first kappa shape index (κ1) is 14.7. The van der Waals surface area contributed by atoms with Crippen LogP contribution in [0.1, 0.15) is 0 Å². The molecule has 0 unspecified atom stereocenters. The fourth-order valence-corrected chi connectivity index (χ4v) is 1.29. The van der Waals surface area contributed by atoms with E-state index in [1.54, 1.807) is 0 Å². The highest BCUT2D eigenvalue weighted by Gasteiger charge is 2.05. The minimum atomic E-state index is -4.15. The average molecular weight is 258 g/mol. The summed E-state index contributed by atoms with van der Waals surface area (Å²) in [5.74, 6) is 1.39. The molecule has 9 heteroatoms. The van der Waals surface area contributed by atoms with Crippen molar-refractivity contribution in [3.63, 3.8) is 0 Å². The van der Waals surface area contributed by atoms with E-state index in [0.717, 1.165) is 12.2 Å². The second-order valence-corrected chi connectivity index (χ2v) is 5.44. The standard InChI is InChI=1S/C6H12O7P2/c7-14(8,9)5-1-3-13-4-2-6-15(10,11)12/h1-2,5-6H,3-4H2,(H2,7,8,9)(H2,10,11,12). The molecule has 0 spiro atoms. The van der Waals surface area contributed by atoms with Gasteiger partial charge in [0.05, 0.1) is 13.2 Å². The Morgan fingerprint density at radius 3 is 1.47 bits per heavy atom. The van der Waals surface area contributed by atoms with Crippen LogP contribution in [0.4, 0.5) is 0 Å². The zero-order valence-electron chi connectivity index (χ0n) is 7.63. The number of rotatable bonds is 6. The van der Waals surface area contributed by atoms with E-state index in [9.17, 15) is 9.13 Å². The van der Waals surface area contributed by atoms with Crippen molar-refractivity contribution in [3.05, 3.63) is 23.8 Å². The molecule has 0 saturated heterocycles. The van der Waals surface area contributed by atoms with E-state index in [1.165, 1.54) is 0 Å². The van der Waals surface area contributed by atoms with Crippen LogP contribution >= 0.6 is 15.2 Å². The summed E-state index contributed by atoms with van der Waals surface area (Å²) in [4.78, 5) is 33.5. The number of ether oxygens (including phenoxy) is 1. The third-order valence-corrected chi connectivity index (χ3v) is 2.23. The Bertz CT molecular complexity index is 290. The van der Waals surface area contributed by atoms with Crippen molar-refractivity contribution in [2.45, 2.75) is 0 Å². The third-order valence-electron chi connectivity index (χ3n) is 1.03. The van der Waals surface area contributed by atoms with Gasteiger partial charge >= 0.3 is 15.2 Å². The molecular formula is C6H12O7P2. The molecule has 7 nitrogen and oxygen atoms in total. The van der Waals surface area contributed by atoms with Gasteiger partial charge in [0.25, 0.3) is 0 Å². The molecule has 0 saturated carbocycles. The van der Waals surface area contributed by atoms with Crippen LogP contribution in [-0.4, -0.2) is 32.8 Å². The van der Waals surface area contributed by atoms with Crippen molar-refractivity contribution in [1.82, 2.24) is 0 Å². The third kappa shape index (κ3) is 13.7. The summed E-state index contributed by atoms with van der Waals surface area (Å²) in [5.41, 5.74) is 0. The van der Waals surface area contributed by atoms with Crippen LogP contribution in [-0.2, 0) is 13.9 Å². The number of hydrogen-bond donors (Lipinski definition) is 4. The Morgan fingerprint density at radius 1 is 0.867 bits per heavy atom. The zero-order chi connectivity index (χ0) is 11.9. The van der Waals surface area contributed by atoms with Crippen molar-refractivity contribution >= 4 is 15.2 Å². The van der Waals surface area contributed by atoms with Crippen molar-refractivity contribution in [2.24, 2.45) is 0 Å². The fourth-order valence-electron chi connectivity index (χ4n) is 0.565. The van der Waals surface area contributed by atoms with Gasteiger partial charge < -0.3 is 24.3 Å². The quantitative estimate of drug-likeness (QED) is 0.401. The SMILES string of the molecule is O=P(O)(O)C=CCOCC=CP(=O)(O)O. The molecule has 0 aliphatic rings. The van der Waals surface area contributed by atoms with E-state index >= 15 is 0 Å². The van der Waals surface area contributed by atoms with Crippen LogP contribution in [0.3, 0.4) is 0 Å².